The van der Waals surface area contributed by atoms with Gasteiger partial charge in [-0.2, -0.15) is 0 Å². The molecule has 1 aliphatic rings. The molecule has 0 bridgehead atoms. The lowest BCUT2D eigenvalue weighted by Gasteiger charge is -2.45. The van der Waals surface area contributed by atoms with Crippen LogP contribution >= 0.6 is 0 Å². The minimum Gasteiger partial charge on any atom is -0.387 e. The summed E-state index contributed by atoms with van der Waals surface area (Å²) < 4.78 is 5.91. The summed E-state index contributed by atoms with van der Waals surface area (Å²) in [6, 6.07) is 0. The second kappa shape index (κ2) is 34.2. The van der Waals surface area contributed by atoms with Crippen LogP contribution in [0.15, 0.2) is 0 Å². The number of hydrogen-bond acceptors (Lipinski definition) is 9. The Morgan fingerprint density at radius 2 is 0.893 bits per heavy atom. The summed E-state index contributed by atoms with van der Waals surface area (Å²) in [4.78, 5) is 53.0. The SMILES string of the molecule is CCCCCCCCCCCCCCCCCCN(C(=O)CCCCCCCCCCC)[C@@H]1O[C@H](C(=O)C(O)CC(=O)CCC(=O)CCCC)[C@@H](O)[C@H](O)[C@H]1O. The monoisotopic (exact) mass is 796 g/mol. The van der Waals surface area contributed by atoms with Gasteiger partial charge < -0.3 is 30.1 Å². The molecule has 1 unspecified atom stereocenters. The zero-order valence-corrected chi connectivity index (χ0v) is 36.1. The van der Waals surface area contributed by atoms with Crippen LogP contribution < -0.4 is 0 Å². The molecule has 328 valence electrons. The highest BCUT2D eigenvalue weighted by atomic mass is 16.6. The molecule has 0 aromatic heterocycles. The summed E-state index contributed by atoms with van der Waals surface area (Å²) >= 11 is 0. The lowest BCUT2D eigenvalue weighted by molar-refractivity contribution is -0.253. The van der Waals surface area contributed by atoms with Gasteiger partial charge in [0, 0.05) is 38.6 Å². The lowest BCUT2D eigenvalue weighted by atomic mass is 9.91. The fourth-order valence-electron chi connectivity index (χ4n) is 7.69. The van der Waals surface area contributed by atoms with E-state index in [9.17, 15) is 39.6 Å². The number of hydrogen-bond donors (Lipinski definition) is 4. The maximum absolute atomic E-state index is 13.7. The highest BCUT2D eigenvalue weighted by molar-refractivity contribution is 5.93. The number of Topliss-reactive ketones (excluding diaryl/α,β-unsaturated/α-hetero) is 3. The van der Waals surface area contributed by atoms with Gasteiger partial charge in [-0.1, -0.05) is 175 Å². The molecule has 4 N–H and O–H groups in total. The molecule has 1 heterocycles. The second-order valence-electron chi connectivity index (χ2n) is 16.7. The van der Waals surface area contributed by atoms with Gasteiger partial charge in [-0.3, -0.25) is 19.2 Å². The first-order chi connectivity index (χ1) is 27.1. The van der Waals surface area contributed by atoms with Crippen LogP contribution in [0.2, 0.25) is 0 Å². The number of nitrogens with zero attached hydrogens (tertiary/aromatic N) is 1. The van der Waals surface area contributed by atoms with Gasteiger partial charge in [-0.05, 0) is 19.3 Å². The Labute approximate surface area is 341 Å². The summed E-state index contributed by atoms with van der Waals surface area (Å²) in [7, 11) is 0. The van der Waals surface area contributed by atoms with Gasteiger partial charge in [0.05, 0.1) is 0 Å². The zero-order valence-electron chi connectivity index (χ0n) is 36.1. The quantitative estimate of drug-likeness (QED) is 0.0447. The first-order valence-corrected chi connectivity index (χ1v) is 23.3. The highest BCUT2D eigenvalue weighted by Gasteiger charge is 2.50. The molecule has 0 aromatic carbocycles. The van der Waals surface area contributed by atoms with Crippen molar-refractivity contribution in [2.75, 3.05) is 6.54 Å². The van der Waals surface area contributed by atoms with E-state index in [2.05, 4.69) is 13.8 Å². The third-order valence-corrected chi connectivity index (χ3v) is 11.5. The average Bonchev–Trinajstić information content (AvgIpc) is 3.19. The predicted molar refractivity (Wildman–Crippen MR) is 224 cm³/mol. The Hall–Kier alpha value is -1.72. The Bertz CT molecular complexity index is 1020. The minimum atomic E-state index is -1.86. The molecule has 1 fully saturated rings. The molecule has 10 nitrogen and oxygen atoms in total. The fraction of sp³-hybridized carbons (Fsp3) is 0.913. The minimum absolute atomic E-state index is 0.0324. The van der Waals surface area contributed by atoms with Crippen LogP contribution in [0.3, 0.4) is 0 Å². The van der Waals surface area contributed by atoms with Gasteiger partial charge in [-0.25, -0.2) is 0 Å². The largest absolute Gasteiger partial charge is 0.387 e. The van der Waals surface area contributed by atoms with E-state index in [1.165, 1.54) is 114 Å². The Morgan fingerprint density at radius 3 is 1.36 bits per heavy atom. The van der Waals surface area contributed by atoms with E-state index in [-0.39, 0.29) is 37.5 Å². The summed E-state index contributed by atoms with van der Waals surface area (Å²) in [5.41, 5.74) is 0. The van der Waals surface area contributed by atoms with E-state index in [0.717, 1.165) is 51.4 Å². The van der Waals surface area contributed by atoms with Crippen molar-refractivity contribution in [1.82, 2.24) is 4.90 Å². The number of ketones is 3. The van der Waals surface area contributed by atoms with E-state index in [1.54, 1.807) is 0 Å². The molecule has 0 saturated carbocycles. The van der Waals surface area contributed by atoms with E-state index < -0.39 is 54.7 Å². The van der Waals surface area contributed by atoms with Crippen molar-refractivity contribution in [3.63, 3.8) is 0 Å². The molecule has 56 heavy (non-hydrogen) atoms. The van der Waals surface area contributed by atoms with Crippen LogP contribution in [0.4, 0.5) is 0 Å². The topological polar surface area (TPSA) is 162 Å². The molecule has 6 atom stereocenters. The van der Waals surface area contributed by atoms with Gasteiger partial charge in [-0.15, -0.1) is 0 Å². The molecule has 0 aliphatic carbocycles. The third kappa shape index (κ3) is 23.6. The maximum Gasteiger partial charge on any atom is 0.224 e. The van der Waals surface area contributed by atoms with Crippen molar-refractivity contribution in [3.8, 4) is 0 Å². The van der Waals surface area contributed by atoms with Crippen molar-refractivity contribution in [3.05, 3.63) is 0 Å². The molecule has 1 saturated heterocycles. The van der Waals surface area contributed by atoms with Crippen LogP contribution in [-0.4, -0.2) is 91.9 Å². The smallest absolute Gasteiger partial charge is 0.224 e. The zero-order chi connectivity index (χ0) is 41.4. The third-order valence-electron chi connectivity index (χ3n) is 11.5. The summed E-state index contributed by atoms with van der Waals surface area (Å²) in [5, 5.41) is 43.4. The van der Waals surface area contributed by atoms with E-state index in [4.69, 9.17) is 4.74 Å². The molecule has 0 aromatic rings. The summed E-state index contributed by atoms with van der Waals surface area (Å²) in [5.74, 6) is -1.79. The molecule has 1 rings (SSSR count). The molecular weight excluding hydrogens is 711 g/mol. The molecular formula is C46H85NO9. The van der Waals surface area contributed by atoms with Gasteiger partial charge >= 0.3 is 0 Å². The van der Waals surface area contributed by atoms with Crippen LogP contribution in [0.25, 0.3) is 0 Å². The van der Waals surface area contributed by atoms with E-state index >= 15 is 0 Å². The molecule has 1 aliphatic heterocycles. The second-order valence-corrected chi connectivity index (χ2v) is 16.7. The average molecular weight is 796 g/mol. The first-order valence-electron chi connectivity index (χ1n) is 23.3. The number of aliphatic hydroxyl groups excluding tert-OH is 4. The van der Waals surface area contributed by atoms with Crippen molar-refractivity contribution in [2.45, 2.75) is 263 Å². The number of carbonyl (C=O) groups excluding carboxylic acids is 4. The highest BCUT2D eigenvalue weighted by Crippen LogP contribution is 2.27. The number of amides is 1. The normalized spacial score (nSPS) is 20.2. The Morgan fingerprint density at radius 1 is 0.482 bits per heavy atom. The van der Waals surface area contributed by atoms with Crippen molar-refractivity contribution >= 4 is 23.3 Å². The molecule has 1 amide bonds. The number of rotatable bonds is 38. The maximum atomic E-state index is 13.7. The van der Waals surface area contributed by atoms with Crippen molar-refractivity contribution in [1.29, 1.82) is 0 Å². The van der Waals surface area contributed by atoms with Gasteiger partial charge in [0.2, 0.25) is 5.91 Å². The lowest BCUT2D eigenvalue weighted by Crippen LogP contribution is -2.65. The fourth-order valence-corrected chi connectivity index (χ4v) is 7.69. The summed E-state index contributed by atoms with van der Waals surface area (Å²) in [6.07, 6.45) is 20.5. The number of carbonyl (C=O) groups is 4. The molecule has 0 radical (unpaired) electrons. The number of unbranched alkanes of at least 4 members (excludes halogenated alkanes) is 24. The van der Waals surface area contributed by atoms with Crippen molar-refractivity contribution in [2.24, 2.45) is 0 Å². The predicted octanol–water partition coefficient (Wildman–Crippen LogP) is 9.23. The van der Waals surface area contributed by atoms with E-state index in [1.807, 2.05) is 6.92 Å². The van der Waals surface area contributed by atoms with Crippen LogP contribution in [0, 0.1) is 0 Å². The summed E-state index contributed by atoms with van der Waals surface area (Å²) in [6.45, 7) is 6.68. The van der Waals surface area contributed by atoms with Gasteiger partial charge in [0.1, 0.15) is 42.1 Å². The number of ether oxygens (including phenoxy) is 1. The molecule has 0 spiro atoms. The van der Waals surface area contributed by atoms with Gasteiger partial charge in [0.25, 0.3) is 0 Å². The van der Waals surface area contributed by atoms with Crippen LogP contribution in [0.5, 0.6) is 0 Å². The Kier molecular flexibility index (Phi) is 31.9. The van der Waals surface area contributed by atoms with Crippen molar-refractivity contribution < 1.29 is 44.3 Å². The first kappa shape index (κ1) is 52.3. The van der Waals surface area contributed by atoms with Crippen LogP contribution in [-0.2, 0) is 23.9 Å². The number of aliphatic hydroxyl groups is 4. The standard InChI is InChI=1S/C46H85NO9/c1-4-7-10-12-14-16-17-18-19-20-21-22-24-26-28-30-35-47(40(51)32-29-27-25-23-15-13-11-8-5-2)46-44(55)42(53)43(54)45(56-46)41(52)39(50)36-38(49)34-33-37(48)31-9-6-3/h39,42-46,50,53-55H,4-36H2,1-3H3/t39?,42-,43-,44+,45+,46+/m0/s1. The van der Waals surface area contributed by atoms with Gasteiger partial charge in [0.15, 0.2) is 12.0 Å². The van der Waals surface area contributed by atoms with Crippen LogP contribution in [0.1, 0.15) is 226 Å². The Balaban J connectivity index is 2.72. The molecule has 10 heteroatoms. The van der Waals surface area contributed by atoms with E-state index in [0.29, 0.717) is 19.3 Å².